The number of carbonyl (C=O) groups excluding carboxylic acids is 3. The maximum atomic E-state index is 11.4. The first-order chi connectivity index (χ1) is 9.06. The largest absolute Gasteiger partial charge is 0.482 e. The zero-order valence-corrected chi connectivity index (χ0v) is 10.00. The van der Waals surface area contributed by atoms with Gasteiger partial charge in [0, 0.05) is 18.5 Å². The van der Waals surface area contributed by atoms with Crippen LogP contribution in [0, 0.1) is 0 Å². The molecule has 1 aliphatic rings. The molecule has 100 valence electrons. The van der Waals surface area contributed by atoms with E-state index in [0.29, 0.717) is 16.5 Å². The SMILES string of the molecule is Nc1ccc(OCC(=O)ON2C(=O)CCC2=O)cc1. The zero-order valence-electron chi connectivity index (χ0n) is 10.00. The molecule has 0 unspecified atom stereocenters. The molecule has 0 saturated carbocycles. The number of anilines is 1. The fraction of sp³-hybridized carbons (Fsp3) is 0.250. The summed E-state index contributed by atoms with van der Waals surface area (Å²) in [6.07, 6.45) is 0.121. The standard InChI is InChI=1S/C12H12N2O5/c13-8-1-3-9(4-2-8)18-7-12(17)19-14-10(15)5-6-11(14)16/h1-4H,5-7,13H2. The monoisotopic (exact) mass is 264 g/mol. The molecule has 2 rings (SSSR count). The van der Waals surface area contributed by atoms with Crippen LogP contribution >= 0.6 is 0 Å². The Morgan fingerprint density at radius 1 is 1.16 bits per heavy atom. The van der Waals surface area contributed by atoms with Crippen molar-refractivity contribution in [3.8, 4) is 5.75 Å². The predicted octanol–water partition coefficient (Wildman–Crippen LogP) is 0.255. The molecule has 1 heterocycles. The van der Waals surface area contributed by atoms with Gasteiger partial charge in [0.15, 0.2) is 6.61 Å². The van der Waals surface area contributed by atoms with Gasteiger partial charge in [0.05, 0.1) is 0 Å². The second-order valence-corrected chi connectivity index (χ2v) is 3.90. The van der Waals surface area contributed by atoms with Gasteiger partial charge >= 0.3 is 5.97 Å². The molecular weight excluding hydrogens is 252 g/mol. The van der Waals surface area contributed by atoms with Gasteiger partial charge in [-0.15, -0.1) is 5.06 Å². The highest BCUT2D eigenvalue weighted by Crippen LogP contribution is 2.14. The highest BCUT2D eigenvalue weighted by molar-refractivity contribution is 6.01. The average molecular weight is 264 g/mol. The van der Waals surface area contributed by atoms with Crippen molar-refractivity contribution in [1.29, 1.82) is 0 Å². The van der Waals surface area contributed by atoms with Gasteiger partial charge in [0.2, 0.25) is 0 Å². The van der Waals surface area contributed by atoms with Crippen LogP contribution in [-0.4, -0.2) is 29.5 Å². The number of hydrogen-bond acceptors (Lipinski definition) is 6. The number of hydrogen-bond donors (Lipinski definition) is 1. The van der Waals surface area contributed by atoms with Crippen molar-refractivity contribution in [3.05, 3.63) is 24.3 Å². The third-order valence-electron chi connectivity index (χ3n) is 2.44. The van der Waals surface area contributed by atoms with E-state index >= 15 is 0 Å². The Hall–Kier alpha value is -2.57. The van der Waals surface area contributed by atoms with E-state index in [1.165, 1.54) is 0 Å². The average Bonchev–Trinajstić information content (AvgIpc) is 2.70. The minimum Gasteiger partial charge on any atom is -0.482 e. The van der Waals surface area contributed by atoms with E-state index < -0.39 is 24.4 Å². The van der Waals surface area contributed by atoms with E-state index in [4.69, 9.17) is 10.5 Å². The van der Waals surface area contributed by atoms with Crippen molar-refractivity contribution in [2.45, 2.75) is 12.8 Å². The summed E-state index contributed by atoms with van der Waals surface area (Å²) in [5.41, 5.74) is 6.07. The molecule has 7 heteroatoms. The van der Waals surface area contributed by atoms with E-state index in [1.54, 1.807) is 24.3 Å². The van der Waals surface area contributed by atoms with E-state index in [9.17, 15) is 14.4 Å². The number of hydroxylamine groups is 2. The van der Waals surface area contributed by atoms with Gasteiger partial charge in [0.25, 0.3) is 11.8 Å². The molecule has 0 radical (unpaired) electrons. The smallest absolute Gasteiger partial charge is 0.370 e. The maximum Gasteiger partial charge on any atom is 0.370 e. The molecule has 1 fully saturated rings. The van der Waals surface area contributed by atoms with Crippen LogP contribution in [0.1, 0.15) is 12.8 Å². The lowest BCUT2D eigenvalue weighted by molar-refractivity contribution is -0.198. The van der Waals surface area contributed by atoms with Crippen molar-refractivity contribution in [1.82, 2.24) is 5.06 Å². The van der Waals surface area contributed by atoms with E-state index in [1.807, 2.05) is 0 Å². The van der Waals surface area contributed by atoms with E-state index in [-0.39, 0.29) is 12.8 Å². The summed E-state index contributed by atoms with van der Waals surface area (Å²) in [4.78, 5) is 38.4. The molecule has 0 bridgehead atoms. The number of carbonyl (C=O) groups is 3. The maximum absolute atomic E-state index is 11.4. The van der Waals surface area contributed by atoms with Crippen LogP contribution in [0.3, 0.4) is 0 Å². The molecule has 1 aliphatic heterocycles. The topological polar surface area (TPSA) is 98.9 Å². The van der Waals surface area contributed by atoms with Crippen LogP contribution in [0.25, 0.3) is 0 Å². The lowest BCUT2D eigenvalue weighted by Crippen LogP contribution is -2.33. The first-order valence-electron chi connectivity index (χ1n) is 5.61. The lowest BCUT2D eigenvalue weighted by atomic mass is 10.3. The van der Waals surface area contributed by atoms with Crippen LogP contribution in [0.15, 0.2) is 24.3 Å². The normalized spacial score (nSPS) is 14.6. The summed E-state index contributed by atoms with van der Waals surface area (Å²) in [6.45, 7) is -0.402. The molecule has 0 aromatic heterocycles. The fourth-order valence-corrected chi connectivity index (χ4v) is 1.49. The van der Waals surface area contributed by atoms with Crippen molar-refractivity contribution in [2.24, 2.45) is 0 Å². The van der Waals surface area contributed by atoms with Gasteiger partial charge < -0.3 is 15.3 Å². The Balaban J connectivity index is 1.83. The Morgan fingerprint density at radius 2 is 1.74 bits per heavy atom. The van der Waals surface area contributed by atoms with E-state index in [0.717, 1.165) is 0 Å². The molecule has 0 spiro atoms. The molecule has 2 amide bonds. The fourth-order valence-electron chi connectivity index (χ4n) is 1.49. The van der Waals surface area contributed by atoms with Crippen molar-refractivity contribution >= 4 is 23.5 Å². The van der Waals surface area contributed by atoms with Gasteiger partial charge in [-0.25, -0.2) is 4.79 Å². The van der Waals surface area contributed by atoms with Gasteiger partial charge in [-0.1, -0.05) is 0 Å². The Kier molecular flexibility index (Phi) is 3.65. The summed E-state index contributed by atoms with van der Waals surface area (Å²) in [5, 5.41) is 0.481. The van der Waals surface area contributed by atoms with Crippen LogP contribution in [0.4, 0.5) is 5.69 Å². The highest BCUT2D eigenvalue weighted by Gasteiger charge is 2.32. The van der Waals surface area contributed by atoms with Gasteiger partial charge in [-0.3, -0.25) is 9.59 Å². The van der Waals surface area contributed by atoms with Crippen LogP contribution in [0.2, 0.25) is 0 Å². The van der Waals surface area contributed by atoms with Crippen LogP contribution < -0.4 is 10.5 Å². The van der Waals surface area contributed by atoms with Gasteiger partial charge in [0.1, 0.15) is 5.75 Å². The summed E-state index contributed by atoms with van der Waals surface area (Å²) in [7, 11) is 0. The Bertz CT molecular complexity index is 495. The quantitative estimate of drug-likeness (QED) is 0.618. The Morgan fingerprint density at radius 3 is 2.32 bits per heavy atom. The number of ether oxygens (including phenoxy) is 1. The molecule has 0 atom stereocenters. The molecule has 1 aromatic rings. The number of benzene rings is 1. The highest BCUT2D eigenvalue weighted by atomic mass is 16.7. The molecule has 7 nitrogen and oxygen atoms in total. The minimum absolute atomic E-state index is 0.0604. The predicted molar refractivity (Wildman–Crippen MR) is 63.5 cm³/mol. The first kappa shape index (κ1) is 12.9. The van der Waals surface area contributed by atoms with Crippen molar-refractivity contribution in [2.75, 3.05) is 12.3 Å². The lowest BCUT2D eigenvalue weighted by Gasteiger charge is -2.12. The van der Waals surface area contributed by atoms with Crippen LogP contribution in [0.5, 0.6) is 5.75 Å². The molecule has 0 aliphatic carbocycles. The number of imide groups is 1. The third-order valence-corrected chi connectivity index (χ3v) is 2.44. The number of rotatable bonds is 4. The number of nitrogen functional groups attached to an aromatic ring is 1. The summed E-state index contributed by atoms with van der Waals surface area (Å²) < 4.78 is 5.12. The molecule has 19 heavy (non-hydrogen) atoms. The number of amides is 2. The second kappa shape index (κ2) is 5.38. The second-order valence-electron chi connectivity index (χ2n) is 3.90. The first-order valence-corrected chi connectivity index (χ1v) is 5.61. The van der Waals surface area contributed by atoms with Crippen LogP contribution in [-0.2, 0) is 19.2 Å². The molecule has 1 saturated heterocycles. The zero-order chi connectivity index (χ0) is 13.8. The van der Waals surface area contributed by atoms with Crippen molar-refractivity contribution in [3.63, 3.8) is 0 Å². The molecule has 2 N–H and O–H groups in total. The van der Waals surface area contributed by atoms with E-state index in [2.05, 4.69) is 4.84 Å². The number of nitrogens with zero attached hydrogens (tertiary/aromatic N) is 1. The minimum atomic E-state index is -0.819. The molecular formula is C12H12N2O5. The summed E-state index contributed by atoms with van der Waals surface area (Å²) in [5.74, 6) is -1.43. The summed E-state index contributed by atoms with van der Waals surface area (Å²) >= 11 is 0. The molecule has 1 aromatic carbocycles. The Labute approximate surface area is 108 Å². The third kappa shape index (κ3) is 3.21. The van der Waals surface area contributed by atoms with Gasteiger partial charge in [-0.2, -0.15) is 0 Å². The van der Waals surface area contributed by atoms with Crippen molar-refractivity contribution < 1.29 is 24.0 Å². The summed E-state index contributed by atoms with van der Waals surface area (Å²) in [6, 6.07) is 6.42. The number of nitrogens with two attached hydrogens (primary N) is 1. The van der Waals surface area contributed by atoms with Gasteiger partial charge in [-0.05, 0) is 24.3 Å².